The van der Waals surface area contributed by atoms with E-state index in [4.69, 9.17) is 9.26 Å². The Morgan fingerprint density at radius 1 is 1.13 bits per heavy atom. The Balaban J connectivity index is 1.86. The molecular weight excluding hydrogens is 310 g/mol. The fourth-order valence-electron chi connectivity index (χ4n) is 2.41. The van der Waals surface area contributed by atoms with Crippen molar-refractivity contribution in [2.45, 2.75) is 6.92 Å². The van der Waals surface area contributed by atoms with Crippen LogP contribution in [-0.4, -0.2) is 22.2 Å². The lowest BCUT2D eigenvalue weighted by Crippen LogP contribution is -1.94. The van der Waals surface area contributed by atoms with Crippen LogP contribution in [0.25, 0.3) is 33.1 Å². The van der Waals surface area contributed by atoms with Gasteiger partial charge in [0.15, 0.2) is 0 Å². The van der Waals surface area contributed by atoms with Crippen molar-refractivity contribution in [3.8, 4) is 28.0 Å². The molecule has 4 rings (SSSR count). The SMILES string of the molecule is COc1nc2cc(C)ccc2cc1-c1noc(-c2cccs2)n1. The molecule has 0 N–H and O–H groups in total. The molecule has 4 aromatic rings. The first kappa shape index (κ1) is 13.9. The predicted octanol–water partition coefficient (Wildman–Crippen LogP) is 4.33. The van der Waals surface area contributed by atoms with Crippen molar-refractivity contribution in [1.82, 2.24) is 15.1 Å². The lowest BCUT2D eigenvalue weighted by Gasteiger charge is -2.07. The molecule has 0 radical (unpaired) electrons. The number of hydrogen-bond acceptors (Lipinski definition) is 6. The van der Waals surface area contributed by atoms with Crippen LogP contribution >= 0.6 is 11.3 Å². The average Bonchev–Trinajstić information content (AvgIpc) is 3.24. The largest absolute Gasteiger partial charge is 0.480 e. The third-order valence-electron chi connectivity index (χ3n) is 3.53. The molecule has 3 heterocycles. The van der Waals surface area contributed by atoms with Crippen molar-refractivity contribution in [3.05, 3.63) is 47.3 Å². The monoisotopic (exact) mass is 323 g/mol. The summed E-state index contributed by atoms with van der Waals surface area (Å²) in [5.41, 5.74) is 2.75. The van der Waals surface area contributed by atoms with Crippen LogP contribution in [0.3, 0.4) is 0 Å². The normalized spacial score (nSPS) is 11.0. The fraction of sp³-hybridized carbons (Fsp3) is 0.118. The van der Waals surface area contributed by atoms with Crippen LogP contribution in [-0.2, 0) is 0 Å². The molecule has 0 spiro atoms. The van der Waals surface area contributed by atoms with E-state index in [1.54, 1.807) is 18.4 Å². The molecule has 3 aromatic heterocycles. The molecule has 0 amide bonds. The van der Waals surface area contributed by atoms with Crippen LogP contribution in [0.5, 0.6) is 5.88 Å². The number of fused-ring (bicyclic) bond motifs is 1. The van der Waals surface area contributed by atoms with Crippen molar-refractivity contribution in [2.24, 2.45) is 0 Å². The van der Waals surface area contributed by atoms with Crippen molar-refractivity contribution in [2.75, 3.05) is 7.11 Å². The van der Waals surface area contributed by atoms with Gasteiger partial charge in [-0.05, 0) is 36.1 Å². The van der Waals surface area contributed by atoms with Crippen LogP contribution < -0.4 is 4.74 Å². The number of aryl methyl sites for hydroxylation is 1. The highest BCUT2D eigenvalue weighted by molar-refractivity contribution is 7.13. The first-order valence-corrected chi connectivity index (χ1v) is 7.96. The highest BCUT2D eigenvalue weighted by Crippen LogP contribution is 2.32. The highest BCUT2D eigenvalue weighted by Gasteiger charge is 2.17. The lowest BCUT2D eigenvalue weighted by molar-refractivity contribution is 0.399. The minimum Gasteiger partial charge on any atom is -0.480 e. The van der Waals surface area contributed by atoms with Gasteiger partial charge in [-0.15, -0.1) is 11.3 Å². The number of pyridine rings is 1. The summed E-state index contributed by atoms with van der Waals surface area (Å²) in [6, 6.07) is 12.0. The number of benzene rings is 1. The van der Waals surface area contributed by atoms with Gasteiger partial charge < -0.3 is 9.26 Å². The zero-order valence-corrected chi connectivity index (χ0v) is 13.4. The maximum atomic E-state index is 5.42. The molecule has 0 aliphatic heterocycles. The molecule has 6 heteroatoms. The van der Waals surface area contributed by atoms with Gasteiger partial charge in [0.25, 0.3) is 5.89 Å². The minimum atomic E-state index is 0.472. The summed E-state index contributed by atoms with van der Waals surface area (Å²) in [5.74, 6) is 1.46. The summed E-state index contributed by atoms with van der Waals surface area (Å²) in [6.07, 6.45) is 0. The van der Waals surface area contributed by atoms with E-state index >= 15 is 0 Å². The molecule has 23 heavy (non-hydrogen) atoms. The second-order valence-electron chi connectivity index (χ2n) is 5.14. The van der Waals surface area contributed by atoms with Crippen molar-refractivity contribution >= 4 is 22.2 Å². The van der Waals surface area contributed by atoms with E-state index in [2.05, 4.69) is 15.1 Å². The summed E-state index contributed by atoms with van der Waals surface area (Å²) in [4.78, 5) is 9.97. The van der Waals surface area contributed by atoms with E-state index in [1.807, 2.05) is 48.7 Å². The smallest absolute Gasteiger partial charge is 0.268 e. The molecule has 0 bridgehead atoms. The summed E-state index contributed by atoms with van der Waals surface area (Å²) < 4.78 is 10.8. The Morgan fingerprint density at radius 3 is 2.83 bits per heavy atom. The molecule has 0 atom stereocenters. The Kier molecular flexibility index (Phi) is 3.31. The Labute approximate surface area is 136 Å². The summed E-state index contributed by atoms with van der Waals surface area (Å²) in [7, 11) is 1.59. The lowest BCUT2D eigenvalue weighted by atomic mass is 10.1. The number of thiophene rings is 1. The third-order valence-corrected chi connectivity index (χ3v) is 4.39. The zero-order chi connectivity index (χ0) is 15.8. The first-order chi connectivity index (χ1) is 11.2. The second kappa shape index (κ2) is 5.48. The number of aromatic nitrogens is 3. The van der Waals surface area contributed by atoms with Crippen molar-refractivity contribution in [3.63, 3.8) is 0 Å². The minimum absolute atomic E-state index is 0.472. The van der Waals surface area contributed by atoms with Crippen LogP contribution in [0.4, 0.5) is 0 Å². The topological polar surface area (TPSA) is 61.0 Å². The van der Waals surface area contributed by atoms with E-state index in [1.165, 1.54) is 0 Å². The zero-order valence-electron chi connectivity index (χ0n) is 12.6. The average molecular weight is 323 g/mol. The van der Waals surface area contributed by atoms with Crippen LogP contribution in [0.1, 0.15) is 5.56 Å². The second-order valence-corrected chi connectivity index (χ2v) is 6.09. The van der Waals surface area contributed by atoms with Gasteiger partial charge >= 0.3 is 0 Å². The van der Waals surface area contributed by atoms with Gasteiger partial charge in [-0.1, -0.05) is 23.4 Å². The van der Waals surface area contributed by atoms with Gasteiger partial charge in [-0.2, -0.15) is 4.98 Å². The molecule has 114 valence electrons. The fourth-order valence-corrected chi connectivity index (χ4v) is 3.05. The van der Waals surface area contributed by atoms with Gasteiger partial charge in [0.05, 0.1) is 23.1 Å². The molecule has 5 nitrogen and oxygen atoms in total. The Hall–Kier alpha value is -2.73. The quantitative estimate of drug-likeness (QED) is 0.561. The summed E-state index contributed by atoms with van der Waals surface area (Å²) in [6.45, 7) is 2.04. The highest BCUT2D eigenvalue weighted by atomic mass is 32.1. The van der Waals surface area contributed by atoms with E-state index in [0.717, 1.165) is 26.9 Å². The van der Waals surface area contributed by atoms with E-state index in [-0.39, 0.29) is 0 Å². The number of ether oxygens (including phenoxy) is 1. The van der Waals surface area contributed by atoms with E-state index < -0.39 is 0 Å². The molecule has 0 saturated heterocycles. The number of nitrogens with zero attached hydrogens (tertiary/aromatic N) is 3. The summed E-state index contributed by atoms with van der Waals surface area (Å²) in [5, 5.41) is 7.06. The molecular formula is C17H13N3O2S. The maximum Gasteiger partial charge on any atom is 0.268 e. The van der Waals surface area contributed by atoms with Gasteiger partial charge in [0.1, 0.15) is 0 Å². The molecule has 1 aromatic carbocycles. The standard InChI is InChI=1S/C17H13N3O2S/c1-10-5-6-11-9-12(16(21-2)18-13(11)8-10)15-19-17(22-20-15)14-4-3-7-23-14/h3-9H,1-2H3. The molecule has 0 saturated carbocycles. The maximum absolute atomic E-state index is 5.42. The molecule has 0 aliphatic carbocycles. The van der Waals surface area contributed by atoms with Crippen LogP contribution in [0.15, 0.2) is 46.3 Å². The van der Waals surface area contributed by atoms with Crippen LogP contribution in [0, 0.1) is 6.92 Å². The predicted molar refractivity (Wildman–Crippen MR) is 89.6 cm³/mol. The number of methoxy groups -OCH3 is 1. The van der Waals surface area contributed by atoms with Crippen LogP contribution in [0.2, 0.25) is 0 Å². The van der Waals surface area contributed by atoms with E-state index in [0.29, 0.717) is 17.6 Å². The van der Waals surface area contributed by atoms with Gasteiger partial charge in [0, 0.05) is 5.39 Å². The van der Waals surface area contributed by atoms with Crippen molar-refractivity contribution < 1.29 is 9.26 Å². The first-order valence-electron chi connectivity index (χ1n) is 7.08. The number of rotatable bonds is 3. The third kappa shape index (κ3) is 2.47. The molecule has 0 unspecified atom stereocenters. The number of hydrogen-bond donors (Lipinski definition) is 0. The van der Waals surface area contributed by atoms with Crippen molar-refractivity contribution in [1.29, 1.82) is 0 Å². The Bertz CT molecular complexity index is 977. The molecule has 0 fully saturated rings. The van der Waals surface area contributed by atoms with Gasteiger partial charge in [0.2, 0.25) is 11.7 Å². The molecule has 0 aliphatic rings. The van der Waals surface area contributed by atoms with E-state index in [9.17, 15) is 0 Å². The summed E-state index contributed by atoms with van der Waals surface area (Å²) >= 11 is 1.56. The van der Waals surface area contributed by atoms with Gasteiger partial charge in [-0.25, -0.2) is 4.98 Å². The van der Waals surface area contributed by atoms with Gasteiger partial charge in [-0.3, -0.25) is 0 Å². The Morgan fingerprint density at radius 2 is 2.04 bits per heavy atom.